The van der Waals surface area contributed by atoms with Crippen molar-refractivity contribution < 1.29 is 4.92 Å². The van der Waals surface area contributed by atoms with Gasteiger partial charge in [0.2, 0.25) is 17.6 Å². The molecule has 9 heteroatoms. The molecule has 0 bridgehead atoms. The highest BCUT2D eigenvalue weighted by Gasteiger charge is 2.23. The minimum Gasteiger partial charge on any atom is -0.378 e. The van der Waals surface area contributed by atoms with Gasteiger partial charge in [-0.05, 0) is 30.7 Å². The van der Waals surface area contributed by atoms with Gasteiger partial charge in [-0.15, -0.1) is 0 Å². The summed E-state index contributed by atoms with van der Waals surface area (Å²) in [6, 6.07) is 14.7. The van der Waals surface area contributed by atoms with Crippen LogP contribution in [0.25, 0.3) is 0 Å². The van der Waals surface area contributed by atoms with Crippen LogP contribution in [0.4, 0.5) is 29.0 Å². The number of nitro groups is 1. The lowest BCUT2D eigenvalue weighted by Crippen LogP contribution is -2.10. The van der Waals surface area contributed by atoms with Crippen LogP contribution in [0, 0.1) is 17.0 Å². The molecule has 1 heterocycles. The number of nitrogens with one attached hydrogen (secondary N) is 2. The van der Waals surface area contributed by atoms with E-state index in [1.165, 1.54) is 0 Å². The summed E-state index contributed by atoms with van der Waals surface area (Å²) in [5, 5.41) is 17.8. The Morgan fingerprint density at radius 2 is 1.93 bits per heavy atom. The molecule has 0 aliphatic rings. The zero-order valence-electron chi connectivity index (χ0n) is 14.4. The third-order valence-electron chi connectivity index (χ3n) is 3.75. The summed E-state index contributed by atoms with van der Waals surface area (Å²) >= 11 is 5.96. The quantitative estimate of drug-likeness (QED) is 0.428. The molecule has 27 heavy (non-hydrogen) atoms. The van der Waals surface area contributed by atoms with Crippen molar-refractivity contribution in [3.8, 4) is 0 Å². The van der Waals surface area contributed by atoms with Gasteiger partial charge < -0.3 is 16.4 Å². The minimum atomic E-state index is -0.619. The van der Waals surface area contributed by atoms with Crippen LogP contribution in [0.5, 0.6) is 0 Å². The van der Waals surface area contributed by atoms with E-state index in [1.54, 1.807) is 24.3 Å². The number of anilines is 4. The van der Waals surface area contributed by atoms with E-state index in [2.05, 4.69) is 20.6 Å². The Bertz CT molecular complexity index is 978. The van der Waals surface area contributed by atoms with E-state index in [4.69, 9.17) is 17.3 Å². The predicted molar refractivity (Wildman–Crippen MR) is 106 cm³/mol. The van der Waals surface area contributed by atoms with Crippen molar-refractivity contribution in [1.29, 1.82) is 0 Å². The highest BCUT2D eigenvalue weighted by atomic mass is 35.5. The topological polar surface area (TPSA) is 119 Å². The van der Waals surface area contributed by atoms with E-state index in [1.807, 2.05) is 31.2 Å². The van der Waals surface area contributed by atoms with Gasteiger partial charge in [0.1, 0.15) is 0 Å². The lowest BCUT2D eigenvalue weighted by atomic mass is 10.1. The van der Waals surface area contributed by atoms with Gasteiger partial charge in [-0.2, -0.15) is 9.97 Å². The van der Waals surface area contributed by atoms with Gasteiger partial charge in [0, 0.05) is 17.3 Å². The molecule has 1 aromatic heterocycles. The summed E-state index contributed by atoms with van der Waals surface area (Å²) in [7, 11) is 0. The molecule has 138 valence electrons. The van der Waals surface area contributed by atoms with Crippen LogP contribution in [0.2, 0.25) is 5.02 Å². The molecular formula is C18H17ClN6O2. The van der Waals surface area contributed by atoms with E-state index in [0.717, 1.165) is 11.1 Å². The fourth-order valence-electron chi connectivity index (χ4n) is 2.41. The molecule has 0 aliphatic heterocycles. The lowest BCUT2D eigenvalue weighted by molar-refractivity contribution is -0.383. The standard InChI is InChI=1S/C18H17ClN6O2/c1-11-5-7-12(8-6-11)10-21-18-23-16(20)15(25(26)27)17(24-18)22-14-4-2-3-13(19)9-14/h2-9H,10H2,1H3,(H4,20,21,22,23,24). The third kappa shape index (κ3) is 4.62. The van der Waals surface area contributed by atoms with Crippen LogP contribution >= 0.6 is 11.6 Å². The number of hydrogen-bond donors (Lipinski definition) is 3. The van der Waals surface area contributed by atoms with Crippen LogP contribution in [-0.4, -0.2) is 14.9 Å². The van der Waals surface area contributed by atoms with Crippen molar-refractivity contribution in [2.45, 2.75) is 13.5 Å². The number of aryl methyl sites for hydroxylation is 1. The number of aromatic nitrogens is 2. The largest absolute Gasteiger partial charge is 0.378 e. The Hall–Kier alpha value is -3.39. The van der Waals surface area contributed by atoms with Crippen molar-refractivity contribution in [2.75, 3.05) is 16.4 Å². The summed E-state index contributed by atoms with van der Waals surface area (Å²) in [6.45, 7) is 2.46. The first-order chi connectivity index (χ1) is 12.9. The normalized spacial score (nSPS) is 10.4. The molecule has 4 N–H and O–H groups in total. The molecule has 0 spiro atoms. The number of nitrogens with two attached hydrogens (primary N) is 1. The molecule has 3 aromatic rings. The second kappa shape index (κ2) is 7.88. The molecule has 0 radical (unpaired) electrons. The Morgan fingerprint density at radius 1 is 1.19 bits per heavy atom. The van der Waals surface area contributed by atoms with Crippen LogP contribution in [-0.2, 0) is 6.54 Å². The SMILES string of the molecule is Cc1ccc(CNc2nc(N)c([N+](=O)[O-])c(Nc3cccc(Cl)c3)n2)cc1. The summed E-state index contributed by atoms with van der Waals surface area (Å²) in [6.07, 6.45) is 0. The highest BCUT2D eigenvalue weighted by Crippen LogP contribution is 2.32. The maximum absolute atomic E-state index is 11.4. The molecule has 0 saturated carbocycles. The Kier molecular flexibility index (Phi) is 5.37. The maximum Gasteiger partial charge on any atom is 0.353 e. The molecule has 0 aliphatic carbocycles. The van der Waals surface area contributed by atoms with Crippen LogP contribution in [0.1, 0.15) is 11.1 Å². The lowest BCUT2D eigenvalue weighted by Gasteiger charge is -2.11. The van der Waals surface area contributed by atoms with Gasteiger partial charge in [-0.25, -0.2) is 0 Å². The molecular weight excluding hydrogens is 368 g/mol. The van der Waals surface area contributed by atoms with Gasteiger partial charge in [-0.1, -0.05) is 47.5 Å². The second-order valence-electron chi connectivity index (χ2n) is 5.86. The monoisotopic (exact) mass is 384 g/mol. The number of halogens is 1. The smallest absolute Gasteiger partial charge is 0.353 e. The Balaban J connectivity index is 1.88. The molecule has 0 atom stereocenters. The zero-order chi connectivity index (χ0) is 19.4. The predicted octanol–water partition coefficient (Wildman–Crippen LogP) is 4.28. The van der Waals surface area contributed by atoms with Gasteiger partial charge in [0.15, 0.2) is 0 Å². The first-order valence-corrected chi connectivity index (χ1v) is 8.44. The van der Waals surface area contributed by atoms with Crippen molar-refractivity contribution >= 4 is 40.6 Å². The number of nitrogens with zero attached hydrogens (tertiary/aromatic N) is 3. The van der Waals surface area contributed by atoms with Crippen molar-refractivity contribution in [1.82, 2.24) is 9.97 Å². The summed E-state index contributed by atoms with van der Waals surface area (Å²) in [4.78, 5) is 19.0. The second-order valence-corrected chi connectivity index (χ2v) is 6.30. The molecule has 0 amide bonds. The molecule has 3 rings (SSSR count). The van der Waals surface area contributed by atoms with Crippen LogP contribution < -0.4 is 16.4 Å². The Labute approximate surface area is 160 Å². The van der Waals surface area contributed by atoms with Crippen molar-refractivity contribution in [3.05, 3.63) is 74.8 Å². The van der Waals surface area contributed by atoms with E-state index in [-0.39, 0.29) is 17.6 Å². The number of nitrogen functional groups attached to an aromatic ring is 1. The number of hydrogen-bond acceptors (Lipinski definition) is 7. The van der Waals surface area contributed by atoms with Gasteiger partial charge in [0.25, 0.3) is 0 Å². The van der Waals surface area contributed by atoms with Gasteiger partial charge in [0.05, 0.1) is 4.92 Å². The first kappa shape index (κ1) is 18.4. The number of benzene rings is 2. The first-order valence-electron chi connectivity index (χ1n) is 8.06. The summed E-state index contributed by atoms with van der Waals surface area (Å²) in [5.74, 6) is -0.0599. The van der Waals surface area contributed by atoms with E-state index in [9.17, 15) is 10.1 Å². The fraction of sp³-hybridized carbons (Fsp3) is 0.111. The van der Waals surface area contributed by atoms with E-state index >= 15 is 0 Å². The van der Waals surface area contributed by atoms with Crippen molar-refractivity contribution in [3.63, 3.8) is 0 Å². The fourth-order valence-corrected chi connectivity index (χ4v) is 2.60. The average molecular weight is 385 g/mol. The summed E-state index contributed by atoms with van der Waals surface area (Å²) < 4.78 is 0. The minimum absolute atomic E-state index is 0.0128. The highest BCUT2D eigenvalue weighted by molar-refractivity contribution is 6.30. The van der Waals surface area contributed by atoms with Gasteiger partial charge in [-0.3, -0.25) is 10.1 Å². The van der Waals surface area contributed by atoms with Gasteiger partial charge >= 0.3 is 5.69 Å². The molecule has 8 nitrogen and oxygen atoms in total. The zero-order valence-corrected chi connectivity index (χ0v) is 15.2. The van der Waals surface area contributed by atoms with Crippen LogP contribution in [0.3, 0.4) is 0 Å². The average Bonchev–Trinajstić information content (AvgIpc) is 2.60. The van der Waals surface area contributed by atoms with E-state index in [0.29, 0.717) is 17.3 Å². The molecule has 0 unspecified atom stereocenters. The van der Waals surface area contributed by atoms with Crippen LogP contribution in [0.15, 0.2) is 48.5 Å². The molecule has 0 saturated heterocycles. The van der Waals surface area contributed by atoms with Crippen molar-refractivity contribution in [2.24, 2.45) is 0 Å². The number of rotatable bonds is 6. The third-order valence-corrected chi connectivity index (χ3v) is 3.99. The molecule has 0 fully saturated rings. The Morgan fingerprint density at radius 3 is 2.59 bits per heavy atom. The molecule has 2 aromatic carbocycles. The maximum atomic E-state index is 11.4. The summed E-state index contributed by atoms with van der Waals surface area (Å²) in [5.41, 5.74) is 8.13. The van der Waals surface area contributed by atoms with E-state index < -0.39 is 10.6 Å².